The van der Waals surface area contributed by atoms with E-state index in [-0.39, 0.29) is 11.3 Å². The number of hydrogen-bond acceptors (Lipinski definition) is 6. The molecule has 2 aromatic rings. The molecule has 0 unspecified atom stereocenters. The molecule has 0 spiro atoms. The first-order valence-corrected chi connectivity index (χ1v) is 11.5. The molecule has 1 N–H and O–H groups in total. The number of aliphatic hydroxyl groups is 1. The average Bonchev–Trinajstić information content (AvgIpc) is 3.12. The number of benzene rings is 2. The minimum atomic E-state index is -0.684. The van der Waals surface area contributed by atoms with Gasteiger partial charge in [0.1, 0.15) is 11.5 Å². The highest BCUT2D eigenvalue weighted by atomic mass is 16.5. The van der Waals surface area contributed by atoms with Crippen LogP contribution in [0.25, 0.3) is 5.76 Å². The fourth-order valence-electron chi connectivity index (χ4n) is 4.28. The molecule has 7 nitrogen and oxygen atoms in total. The van der Waals surface area contributed by atoms with Gasteiger partial charge in [-0.15, -0.1) is 0 Å². The molecule has 2 aromatic carbocycles. The number of nitrogens with zero attached hydrogens (tertiary/aromatic N) is 2. The van der Waals surface area contributed by atoms with Crippen LogP contribution < -0.4 is 4.74 Å². The first-order chi connectivity index (χ1) is 16.1. The number of rotatable bonds is 8. The Morgan fingerprint density at radius 1 is 1.06 bits per heavy atom. The van der Waals surface area contributed by atoms with Crippen LogP contribution in [-0.4, -0.2) is 72.6 Å². The maximum atomic E-state index is 13.1. The van der Waals surface area contributed by atoms with E-state index in [0.717, 1.165) is 25.1 Å². The molecule has 7 heteroatoms. The van der Waals surface area contributed by atoms with Gasteiger partial charge in [-0.05, 0) is 24.1 Å². The molecular formula is C26H30N2O5. The van der Waals surface area contributed by atoms with Crippen LogP contribution in [-0.2, 0) is 14.3 Å². The number of aliphatic hydroxyl groups excluding tert-OH is 1. The van der Waals surface area contributed by atoms with Crippen LogP contribution in [0.5, 0.6) is 5.75 Å². The summed E-state index contributed by atoms with van der Waals surface area (Å²) in [4.78, 5) is 30.1. The molecule has 2 saturated heterocycles. The third kappa shape index (κ3) is 5.10. The van der Waals surface area contributed by atoms with Gasteiger partial charge in [0.2, 0.25) is 0 Å². The standard InChI is InChI=1S/C26H30N2O5/c1-2-15-33-21-10-6-9-20(18-21)23-22(24(29)19-7-4-3-5-8-19)25(30)26(31)28(23)12-11-27-13-16-32-17-14-27/h3-10,18,23,29H,2,11-17H2,1H3/t23-/m0/s1. The lowest BCUT2D eigenvalue weighted by Crippen LogP contribution is -2.42. The molecule has 2 fully saturated rings. The summed E-state index contributed by atoms with van der Waals surface area (Å²) < 4.78 is 11.2. The highest BCUT2D eigenvalue weighted by Gasteiger charge is 2.46. The molecule has 174 valence electrons. The summed E-state index contributed by atoms with van der Waals surface area (Å²) >= 11 is 0. The average molecular weight is 451 g/mol. The summed E-state index contributed by atoms with van der Waals surface area (Å²) in [6, 6.07) is 15.6. The predicted octanol–water partition coefficient (Wildman–Crippen LogP) is 3.23. The molecule has 2 heterocycles. The Morgan fingerprint density at radius 3 is 2.55 bits per heavy atom. The van der Waals surface area contributed by atoms with E-state index >= 15 is 0 Å². The van der Waals surface area contributed by atoms with Crippen LogP contribution in [0.1, 0.15) is 30.5 Å². The number of amides is 1. The molecular weight excluding hydrogens is 420 g/mol. The van der Waals surface area contributed by atoms with Gasteiger partial charge in [-0.1, -0.05) is 49.4 Å². The van der Waals surface area contributed by atoms with E-state index < -0.39 is 17.7 Å². The fraction of sp³-hybridized carbons (Fsp3) is 0.385. The van der Waals surface area contributed by atoms with E-state index in [1.54, 1.807) is 29.2 Å². The van der Waals surface area contributed by atoms with E-state index in [4.69, 9.17) is 9.47 Å². The molecule has 2 aliphatic rings. The number of hydrogen-bond donors (Lipinski definition) is 1. The van der Waals surface area contributed by atoms with Crippen LogP contribution in [0.15, 0.2) is 60.2 Å². The minimum absolute atomic E-state index is 0.112. The molecule has 0 bridgehead atoms. The summed E-state index contributed by atoms with van der Waals surface area (Å²) in [6.07, 6.45) is 0.871. The maximum absolute atomic E-state index is 13.1. The molecule has 0 saturated carbocycles. The van der Waals surface area contributed by atoms with Gasteiger partial charge in [-0.2, -0.15) is 0 Å². The van der Waals surface area contributed by atoms with Crippen molar-refractivity contribution in [3.63, 3.8) is 0 Å². The van der Waals surface area contributed by atoms with Gasteiger partial charge in [-0.25, -0.2) is 0 Å². The number of ether oxygens (including phenoxy) is 2. The summed E-state index contributed by atoms with van der Waals surface area (Å²) in [5, 5.41) is 11.1. The second-order valence-electron chi connectivity index (χ2n) is 8.23. The van der Waals surface area contributed by atoms with Crippen LogP contribution >= 0.6 is 0 Å². The number of ketones is 1. The fourth-order valence-corrected chi connectivity index (χ4v) is 4.28. The Bertz CT molecular complexity index is 1010. The van der Waals surface area contributed by atoms with Crippen LogP contribution in [0.4, 0.5) is 0 Å². The monoisotopic (exact) mass is 450 g/mol. The normalized spacial score (nSPS) is 20.9. The Morgan fingerprint density at radius 2 is 1.82 bits per heavy atom. The number of morpholine rings is 1. The molecule has 1 amide bonds. The first kappa shape index (κ1) is 23.0. The van der Waals surface area contributed by atoms with Crippen molar-refractivity contribution in [2.24, 2.45) is 0 Å². The minimum Gasteiger partial charge on any atom is -0.507 e. The topological polar surface area (TPSA) is 79.3 Å². The molecule has 0 aliphatic carbocycles. The number of Topliss-reactive ketones (excluding diaryl/α,β-unsaturated/α-hetero) is 1. The summed E-state index contributed by atoms with van der Waals surface area (Å²) in [6.45, 7) is 6.51. The summed E-state index contributed by atoms with van der Waals surface area (Å²) in [5.74, 6) is -0.741. The maximum Gasteiger partial charge on any atom is 0.295 e. The van der Waals surface area contributed by atoms with Crippen molar-refractivity contribution in [2.45, 2.75) is 19.4 Å². The van der Waals surface area contributed by atoms with Gasteiger partial charge >= 0.3 is 0 Å². The quantitative estimate of drug-likeness (QED) is 0.378. The molecule has 1 atom stereocenters. The van der Waals surface area contributed by atoms with Crippen molar-refractivity contribution in [2.75, 3.05) is 46.0 Å². The third-order valence-electron chi connectivity index (χ3n) is 5.99. The lowest BCUT2D eigenvalue weighted by atomic mass is 9.95. The Balaban J connectivity index is 1.72. The van der Waals surface area contributed by atoms with Crippen molar-refractivity contribution in [1.29, 1.82) is 0 Å². The Labute approximate surface area is 194 Å². The van der Waals surface area contributed by atoms with Crippen molar-refractivity contribution < 1.29 is 24.2 Å². The highest BCUT2D eigenvalue weighted by Crippen LogP contribution is 2.40. The van der Waals surface area contributed by atoms with E-state index in [0.29, 0.717) is 44.2 Å². The molecule has 4 rings (SSSR count). The van der Waals surface area contributed by atoms with E-state index in [9.17, 15) is 14.7 Å². The number of carbonyl (C=O) groups is 2. The van der Waals surface area contributed by atoms with Crippen LogP contribution in [0.3, 0.4) is 0 Å². The van der Waals surface area contributed by atoms with E-state index in [1.807, 2.05) is 37.3 Å². The van der Waals surface area contributed by atoms with Crippen LogP contribution in [0.2, 0.25) is 0 Å². The van der Waals surface area contributed by atoms with Crippen LogP contribution in [0, 0.1) is 0 Å². The second kappa shape index (κ2) is 10.6. The zero-order valence-electron chi connectivity index (χ0n) is 18.9. The van der Waals surface area contributed by atoms with Gasteiger partial charge in [0.15, 0.2) is 0 Å². The number of carbonyl (C=O) groups excluding carboxylic acids is 2. The lowest BCUT2D eigenvalue weighted by molar-refractivity contribution is -0.140. The summed E-state index contributed by atoms with van der Waals surface area (Å²) in [7, 11) is 0. The summed E-state index contributed by atoms with van der Waals surface area (Å²) in [5.41, 5.74) is 1.36. The largest absolute Gasteiger partial charge is 0.507 e. The zero-order valence-corrected chi connectivity index (χ0v) is 18.9. The molecule has 0 aromatic heterocycles. The van der Waals surface area contributed by atoms with Crippen molar-refractivity contribution >= 4 is 17.4 Å². The van der Waals surface area contributed by atoms with Crippen molar-refractivity contribution in [3.8, 4) is 5.75 Å². The Hall–Kier alpha value is -3.16. The van der Waals surface area contributed by atoms with Gasteiger partial charge in [0.05, 0.1) is 31.4 Å². The SMILES string of the molecule is CCCOc1cccc([C@H]2C(=C(O)c3ccccc3)C(=O)C(=O)N2CCN2CCOCC2)c1. The highest BCUT2D eigenvalue weighted by molar-refractivity contribution is 6.46. The lowest BCUT2D eigenvalue weighted by Gasteiger charge is -2.31. The van der Waals surface area contributed by atoms with Gasteiger partial charge in [0.25, 0.3) is 11.7 Å². The van der Waals surface area contributed by atoms with Crippen molar-refractivity contribution in [3.05, 3.63) is 71.3 Å². The zero-order chi connectivity index (χ0) is 23.2. The Kier molecular flexibility index (Phi) is 7.42. The molecule has 33 heavy (non-hydrogen) atoms. The van der Waals surface area contributed by atoms with E-state index in [1.165, 1.54) is 0 Å². The van der Waals surface area contributed by atoms with Gasteiger partial charge in [0, 0.05) is 31.7 Å². The van der Waals surface area contributed by atoms with Gasteiger partial charge in [-0.3, -0.25) is 14.5 Å². The first-order valence-electron chi connectivity index (χ1n) is 11.5. The third-order valence-corrected chi connectivity index (χ3v) is 5.99. The second-order valence-corrected chi connectivity index (χ2v) is 8.23. The smallest absolute Gasteiger partial charge is 0.295 e. The predicted molar refractivity (Wildman–Crippen MR) is 125 cm³/mol. The molecule has 0 radical (unpaired) electrons. The van der Waals surface area contributed by atoms with Gasteiger partial charge < -0.3 is 19.5 Å². The molecule has 2 aliphatic heterocycles. The number of likely N-dealkylation sites (tertiary alicyclic amines) is 1. The van der Waals surface area contributed by atoms with E-state index in [2.05, 4.69) is 4.90 Å². The van der Waals surface area contributed by atoms with Crippen molar-refractivity contribution in [1.82, 2.24) is 9.80 Å².